The van der Waals surface area contributed by atoms with Crippen LogP contribution in [-0.4, -0.2) is 20.3 Å². The third-order valence-electron chi connectivity index (χ3n) is 3.15. The van der Waals surface area contributed by atoms with Crippen LogP contribution in [0.25, 0.3) is 0 Å². The first-order chi connectivity index (χ1) is 9.52. The van der Waals surface area contributed by atoms with Crippen LogP contribution in [0.15, 0.2) is 18.2 Å². The van der Waals surface area contributed by atoms with E-state index in [0.717, 1.165) is 30.2 Å². The van der Waals surface area contributed by atoms with Crippen molar-refractivity contribution in [3.63, 3.8) is 0 Å². The Morgan fingerprint density at radius 1 is 1.30 bits per heavy atom. The highest BCUT2D eigenvalue weighted by Crippen LogP contribution is 2.31. The molecule has 110 valence electrons. The second-order valence-electron chi connectivity index (χ2n) is 5.47. The van der Waals surface area contributed by atoms with E-state index in [1.165, 1.54) is 0 Å². The van der Waals surface area contributed by atoms with Crippen LogP contribution in [0.1, 0.15) is 33.6 Å². The van der Waals surface area contributed by atoms with E-state index in [1.807, 2.05) is 25.1 Å². The monoisotopic (exact) mass is 276 g/mol. The molecule has 0 aliphatic carbocycles. The van der Waals surface area contributed by atoms with E-state index in [1.54, 1.807) is 7.11 Å². The summed E-state index contributed by atoms with van der Waals surface area (Å²) in [6.07, 6.45) is 1.46. The van der Waals surface area contributed by atoms with Crippen LogP contribution in [-0.2, 0) is 0 Å². The van der Waals surface area contributed by atoms with Gasteiger partial charge in [-0.25, -0.2) is 0 Å². The molecule has 1 rings (SSSR count). The molecule has 0 fully saturated rings. The average molecular weight is 276 g/mol. The SMILES string of the molecule is CCOc1ccc(NCC(C)(C)CCC#N)cc1OC. The van der Waals surface area contributed by atoms with Gasteiger partial charge >= 0.3 is 0 Å². The maximum Gasteiger partial charge on any atom is 0.162 e. The third kappa shape index (κ3) is 5.00. The molecule has 0 radical (unpaired) electrons. The summed E-state index contributed by atoms with van der Waals surface area (Å²) >= 11 is 0. The summed E-state index contributed by atoms with van der Waals surface area (Å²) in [5.41, 5.74) is 1.08. The van der Waals surface area contributed by atoms with E-state index in [-0.39, 0.29) is 5.41 Å². The highest BCUT2D eigenvalue weighted by molar-refractivity contribution is 5.54. The lowest BCUT2D eigenvalue weighted by molar-refractivity contribution is 0.311. The van der Waals surface area contributed by atoms with E-state index < -0.39 is 0 Å². The molecule has 0 spiro atoms. The molecule has 0 heterocycles. The Morgan fingerprint density at radius 3 is 2.65 bits per heavy atom. The van der Waals surface area contributed by atoms with Gasteiger partial charge in [-0.2, -0.15) is 5.26 Å². The van der Waals surface area contributed by atoms with Crippen LogP contribution >= 0.6 is 0 Å². The Bertz CT molecular complexity index is 464. The summed E-state index contributed by atoms with van der Waals surface area (Å²) < 4.78 is 10.8. The maximum atomic E-state index is 8.66. The molecule has 0 aromatic heterocycles. The van der Waals surface area contributed by atoms with Gasteiger partial charge in [-0.3, -0.25) is 0 Å². The molecule has 1 N–H and O–H groups in total. The van der Waals surface area contributed by atoms with E-state index in [4.69, 9.17) is 14.7 Å². The zero-order valence-corrected chi connectivity index (χ0v) is 12.8. The lowest BCUT2D eigenvalue weighted by atomic mass is 9.88. The van der Waals surface area contributed by atoms with Crippen molar-refractivity contribution in [2.45, 2.75) is 33.6 Å². The first kappa shape index (κ1) is 16.2. The zero-order valence-electron chi connectivity index (χ0n) is 12.8. The van der Waals surface area contributed by atoms with Gasteiger partial charge in [0.15, 0.2) is 11.5 Å². The minimum atomic E-state index is 0.0849. The molecule has 4 heteroatoms. The second-order valence-corrected chi connectivity index (χ2v) is 5.47. The van der Waals surface area contributed by atoms with Crippen LogP contribution in [0, 0.1) is 16.7 Å². The van der Waals surface area contributed by atoms with Gasteiger partial charge < -0.3 is 14.8 Å². The van der Waals surface area contributed by atoms with Crippen molar-refractivity contribution in [1.29, 1.82) is 5.26 Å². The molecule has 0 amide bonds. The quantitative estimate of drug-likeness (QED) is 0.784. The van der Waals surface area contributed by atoms with E-state index >= 15 is 0 Å². The van der Waals surface area contributed by atoms with E-state index in [2.05, 4.69) is 25.2 Å². The first-order valence-electron chi connectivity index (χ1n) is 6.94. The number of methoxy groups -OCH3 is 1. The molecule has 0 bridgehead atoms. The molecule has 0 saturated heterocycles. The van der Waals surface area contributed by atoms with Gasteiger partial charge in [-0.1, -0.05) is 13.8 Å². The van der Waals surface area contributed by atoms with Gasteiger partial charge in [0.2, 0.25) is 0 Å². The van der Waals surface area contributed by atoms with Crippen LogP contribution < -0.4 is 14.8 Å². The zero-order chi connectivity index (χ0) is 15.0. The summed E-state index contributed by atoms with van der Waals surface area (Å²) in [5, 5.41) is 12.1. The number of nitriles is 1. The van der Waals surface area contributed by atoms with Gasteiger partial charge in [0, 0.05) is 24.7 Å². The Morgan fingerprint density at radius 2 is 2.05 bits per heavy atom. The summed E-state index contributed by atoms with van der Waals surface area (Å²) in [7, 11) is 1.64. The fourth-order valence-electron chi connectivity index (χ4n) is 1.88. The average Bonchev–Trinajstić information content (AvgIpc) is 2.44. The number of nitrogens with zero attached hydrogens (tertiary/aromatic N) is 1. The number of nitrogens with one attached hydrogen (secondary N) is 1. The van der Waals surface area contributed by atoms with Crippen LogP contribution in [0.3, 0.4) is 0 Å². The highest BCUT2D eigenvalue weighted by atomic mass is 16.5. The van der Waals surface area contributed by atoms with Gasteiger partial charge in [0.05, 0.1) is 19.8 Å². The number of anilines is 1. The minimum absolute atomic E-state index is 0.0849. The molecule has 0 aliphatic rings. The second kappa shape index (κ2) is 7.64. The molecular formula is C16H24N2O2. The number of hydrogen-bond donors (Lipinski definition) is 1. The van der Waals surface area contributed by atoms with Crippen molar-refractivity contribution in [3.05, 3.63) is 18.2 Å². The summed E-state index contributed by atoms with van der Waals surface area (Å²) in [5.74, 6) is 1.48. The number of benzene rings is 1. The van der Waals surface area contributed by atoms with Crippen molar-refractivity contribution in [2.24, 2.45) is 5.41 Å². The topological polar surface area (TPSA) is 54.3 Å². The van der Waals surface area contributed by atoms with E-state index in [9.17, 15) is 0 Å². The lowest BCUT2D eigenvalue weighted by Gasteiger charge is -2.24. The van der Waals surface area contributed by atoms with E-state index in [0.29, 0.717) is 13.0 Å². The molecule has 1 aromatic rings. The van der Waals surface area contributed by atoms with Crippen LogP contribution in [0.5, 0.6) is 11.5 Å². The molecule has 0 saturated carbocycles. The molecule has 1 aromatic carbocycles. The Balaban J connectivity index is 2.67. The maximum absolute atomic E-state index is 8.66. The standard InChI is InChI=1S/C16H24N2O2/c1-5-20-14-8-7-13(11-15(14)19-4)18-12-16(2,3)9-6-10-17/h7-8,11,18H,5-6,9,12H2,1-4H3. The third-order valence-corrected chi connectivity index (χ3v) is 3.15. The molecule has 0 unspecified atom stereocenters. The Hall–Kier alpha value is -1.89. The smallest absolute Gasteiger partial charge is 0.162 e. The number of rotatable bonds is 8. The van der Waals surface area contributed by atoms with Gasteiger partial charge in [-0.05, 0) is 30.9 Å². The molecule has 20 heavy (non-hydrogen) atoms. The van der Waals surface area contributed by atoms with Gasteiger partial charge in [0.1, 0.15) is 0 Å². The van der Waals surface area contributed by atoms with Crippen molar-refractivity contribution < 1.29 is 9.47 Å². The fraction of sp³-hybridized carbons (Fsp3) is 0.562. The van der Waals surface area contributed by atoms with Crippen molar-refractivity contribution in [3.8, 4) is 17.6 Å². The van der Waals surface area contributed by atoms with Gasteiger partial charge in [-0.15, -0.1) is 0 Å². The predicted octanol–water partition coefficient (Wildman–Crippen LogP) is 3.84. The van der Waals surface area contributed by atoms with Crippen molar-refractivity contribution in [2.75, 3.05) is 25.6 Å². The fourth-order valence-corrected chi connectivity index (χ4v) is 1.88. The molecule has 0 atom stereocenters. The lowest BCUT2D eigenvalue weighted by Crippen LogP contribution is -2.22. The van der Waals surface area contributed by atoms with Crippen LogP contribution in [0.2, 0.25) is 0 Å². The molecule has 4 nitrogen and oxygen atoms in total. The molecule has 0 aliphatic heterocycles. The first-order valence-corrected chi connectivity index (χ1v) is 6.94. The van der Waals surface area contributed by atoms with Crippen LogP contribution in [0.4, 0.5) is 5.69 Å². The predicted molar refractivity (Wildman–Crippen MR) is 81.3 cm³/mol. The van der Waals surface area contributed by atoms with Crippen molar-refractivity contribution >= 4 is 5.69 Å². The molecular weight excluding hydrogens is 252 g/mol. The highest BCUT2D eigenvalue weighted by Gasteiger charge is 2.17. The summed E-state index contributed by atoms with van der Waals surface area (Å²) in [6, 6.07) is 8.02. The normalized spacial score (nSPS) is 10.8. The largest absolute Gasteiger partial charge is 0.493 e. The summed E-state index contributed by atoms with van der Waals surface area (Å²) in [4.78, 5) is 0. The minimum Gasteiger partial charge on any atom is -0.493 e. The van der Waals surface area contributed by atoms with Crippen molar-refractivity contribution in [1.82, 2.24) is 0 Å². The number of ether oxygens (including phenoxy) is 2. The Labute approximate surface area is 121 Å². The van der Waals surface area contributed by atoms with Gasteiger partial charge in [0.25, 0.3) is 0 Å². The number of hydrogen-bond acceptors (Lipinski definition) is 4. The summed E-state index contributed by atoms with van der Waals surface area (Å²) in [6.45, 7) is 7.69. The Kier molecular flexibility index (Phi) is 6.17.